The van der Waals surface area contributed by atoms with Crippen LogP contribution in [0.3, 0.4) is 0 Å². The van der Waals surface area contributed by atoms with Crippen molar-refractivity contribution in [2.24, 2.45) is 29.1 Å². The van der Waals surface area contributed by atoms with Gasteiger partial charge in [-0.25, -0.2) is 4.79 Å². The molecule has 1 N–H and O–H groups in total. The number of rotatable bonds is 7. The number of carbonyl (C=O) groups excluding carboxylic acids is 2. The van der Waals surface area contributed by atoms with Crippen molar-refractivity contribution in [3.05, 3.63) is 28.8 Å². The Labute approximate surface area is 194 Å². The first-order valence-electron chi connectivity index (χ1n) is 11.8. The average molecular weight is 462 g/mol. The van der Waals surface area contributed by atoms with Gasteiger partial charge >= 0.3 is 5.97 Å². The summed E-state index contributed by atoms with van der Waals surface area (Å²) in [4.78, 5) is 26.9. The fourth-order valence-corrected chi connectivity index (χ4v) is 7.61. The first-order chi connectivity index (χ1) is 15.4. The lowest BCUT2D eigenvalue weighted by molar-refractivity contribution is -0.152. The summed E-state index contributed by atoms with van der Waals surface area (Å²) >= 11 is 6.48. The van der Waals surface area contributed by atoms with Crippen molar-refractivity contribution in [1.29, 1.82) is 0 Å². The van der Waals surface area contributed by atoms with Crippen LogP contribution in [0.2, 0.25) is 5.02 Å². The van der Waals surface area contributed by atoms with Gasteiger partial charge in [0, 0.05) is 30.1 Å². The Morgan fingerprint density at radius 1 is 1.25 bits per heavy atom. The third-order valence-corrected chi connectivity index (χ3v) is 8.82. The number of hydrogen-bond donors (Lipinski definition) is 1. The largest absolute Gasteiger partial charge is 0.482 e. The summed E-state index contributed by atoms with van der Waals surface area (Å²) in [6, 6.07) is 5.73. The highest BCUT2D eigenvalue weighted by Crippen LogP contribution is 2.61. The fraction of sp³-hybridized carbons (Fsp3) is 0.680. The predicted octanol–water partition coefficient (Wildman–Crippen LogP) is 3.47. The zero-order chi connectivity index (χ0) is 22.5. The van der Waals surface area contributed by atoms with E-state index in [4.69, 9.17) is 16.3 Å². The molecule has 0 aromatic heterocycles. The molecule has 1 amide bonds. The number of esters is 1. The van der Waals surface area contributed by atoms with Crippen molar-refractivity contribution >= 4 is 23.5 Å². The first-order valence-corrected chi connectivity index (χ1v) is 12.2. The molecule has 4 bridgehead atoms. The van der Waals surface area contributed by atoms with E-state index >= 15 is 0 Å². The van der Waals surface area contributed by atoms with E-state index in [1.165, 1.54) is 26.4 Å². The average Bonchev–Trinajstić information content (AvgIpc) is 3.13. The number of halogens is 1. The maximum Gasteiger partial charge on any atom is 0.343 e. The third kappa shape index (κ3) is 3.90. The maximum atomic E-state index is 13.4. The highest BCUT2D eigenvalue weighted by molar-refractivity contribution is 6.31. The molecule has 1 heterocycles. The predicted molar refractivity (Wildman–Crippen MR) is 119 cm³/mol. The van der Waals surface area contributed by atoms with Gasteiger partial charge in [-0.3, -0.25) is 4.79 Å². The SMILES string of the molecule is COC(=O)COc1ccc(CC2CCN(C3C4CC5CC3CC(CO)(C5)C4)C2=O)c(Cl)c1. The van der Waals surface area contributed by atoms with Crippen LogP contribution in [0.4, 0.5) is 0 Å². The van der Waals surface area contributed by atoms with Crippen LogP contribution in [0, 0.1) is 29.1 Å². The van der Waals surface area contributed by atoms with Gasteiger partial charge in [0.05, 0.1) is 7.11 Å². The molecule has 32 heavy (non-hydrogen) atoms. The number of ether oxygens (including phenoxy) is 2. The molecule has 174 valence electrons. The number of hydrogen-bond acceptors (Lipinski definition) is 5. The number of nitrogens with zero attached hydrogens (tertiary/aromatic N) is 1. The fourth-order valence-electron chi connectivity index (χ4n) is 7.37. The Kier molecular flexibility index (Phi) is 5.87. The molecule has 5 fully saturated rings. The normalized spacial score (nSPS) is 35.4. The van der Waals surface area contributed by atoms with Crippen molar-refractivity contribution < 1.29 is 24.2 Å². The molecule has 1 aliphatic heterocycles. The molecule has 6 nitrogen and oxygen atoms in total. The first kappa shape index (κ1) is 22.0. The van der Waals surface area contributed by atoms with Crippen LogP contribution in [-0.2, 0) is 20.7 Å². The monoisotopic (exact) mass is 461 g/mol. The maximum absolute atomic E-state index is 13.4. The van der Waals surface area contributed by atoms with Crippen molar-refractivity contribution in [2.75, 3.05) is 26.9 Å². The van der Waals surface area contributed by atoms with Crippen molar-refractivity contribution in [3.8, 4) is 5.75 Å². The third-order valence-electron chi connectivity index (χ3n) is 8.47. The van der Waals surface area contributed by atoms with E-state index in [9.17, 15) is 14.7 Å². The standard InChI is InChI=1S/C25H32ClNO5/c1-31-22(29)13-32-20-3-2-16(21(26)9-20)8-17-4-5-27(24(17)30)23-18-6-15-7-19(23)12-25(10-15,11-18)14-28/h2-3,9,15,17-19,23,28H,4-8,10-14H2,1H3. The highest BCUT2D eigenvalue weighted by Gasteiger charge is 2.57. The smallest absolute Gasteiger partial charge is 0.343 e. The van der Waals surface area contributed by atoms with Gasteiger partial charge < -0.3 is 19.5 Å². The molecule has 1 aromatic carbocycles. The van der Waals surface area contributed by atoms with E-state index in [1.807, 2.05) is 6.07 Å². The van der Waals surface area contributed by atoms with E-state index in [1.54, 1.807) is 12.1 Å². The lowest BCUT2D eigenvalue weighted by Crippen LogP contribution is -2.60. The Morgan fingerprint density at radius 3 is 2.66 bits per heavy atom. The number of benzene rings is 1. The van der Waals surface area contributed by atoms with Crippen LogP contribution in [0.1, 0.15) is 44.1 Å². The van der Waals surface area contributed by atoms with Crippen molar-refractivity contribution in [3.63, 3.8) is 0 Å². The number of amides is 1. The molecule has 3 atom stereocenters. The molecule has 4 aliphatic carbocycles. The molecule has 1 saturated heterocycles. The molecule has 5 aliphatic rings. The summed E-state index contributed by atoms with van der Waals surface area (Å²) in [5.41, 5.74) is 1.06. The van der Waals surface area contributed by atoms with Gasteiger partial charge in [-0.05, 0) is 85.8 Å². The quantitative estimate of drug-likeness (QED) is 0.629. The molecular weight excluding hydrogens is 430 g/mol. The van der Waals surface area contributed by atoms with Crippen LogP contribution >= 0.6 is 11.6 Å². The van der Waals surface area contributed by atoms with Gasteiger partial charge in [0.15, 0.2) is 6.61 Å². The Balaban J connectivity index is 1.23. The van der Waals surface area contributed by atoms with Gasteiger partial charge in [0.25, 0.3) is 0 Å². The van der Waals surface area contributed by atoms with Crippen LogP contribution < -0.4 is 4.74 Å². The molecule has 0 spiro atoms. The van der Waals surface area contributed by atoms with E-state index in [0.717, 1.165) is 37.3 Å². The number of carbonyl (C=O) groups is 2. The Hall–Kier alpha value is -1.79. The van der Waals surface area contributed by atoms with E-state index in [0.29, 0.717) is 41.7 Å². The minimum atomic E-state index is -0.448. The van der Waals surface area contributed by atoms with Crippen molar-refractivity contribution in [1.82, 2.24) is 4.90 Å². The van der Waals surface area contributed by atoms with Crippen LogP contribution in [0.25, 0.3) is 0 Å². The van der Waals surface area contributed by atoms with Crippen LogP contribution in [0.5, 0.6) is 5.75 Å². The summed E-state index contributed by atoms with van der Waals surface area (Å²) in [5.74, 6) is 2.12. The van der Waals surface area contributed by atoms with E-state index in [-0.39, 0.29) is 23.8 Å². The Morgan fingerprint density at radius 2 is 2.00 bits per heavy atom. The number of aliphatic hydroxyl groups is 1. The second-order valence-electron chi connectivity index (χ2n) is 10.5. The molecule has 7 heteroatoms. The number of methoxy groups -OCH3 is 1. The number of aliphatic hydroxyl groups excluding tert-OH is 1. The minimum absolute atomic E-state index is 0.0432. The summed E-state index contributed by atoms with van der Waals surface area (Å²) in [7, 11) is 1.32. The molecule has 0 radical (unpaired) electrons. The van der Waals surface area contributed by atoms with Gasteiger partial charge in [0.2, 0.25) is 5.91 Å². The molecule has 6 rings (SSSR count). The van der Waals surface area contributed by atoms with E-state index < -0.39 is 5.97 Å². The molecule has 1 aromatic rings. The zero-order valence-electron chi connectivity index (χ0n) is 18.6. The second-order valence-corrected chi connectivity index (χ2v) is 10.9. The second kappa shape index (κ2) is 8.53. The number of likely N-dealkylation sites (tertiary alicyclic amines) is 1. The van der Waals surface area contributed by atoms with Crippen LogP contribution in [-0.4, -0.2) is 54.8 Å². The molecule has 4 saturated carbocycles. The van der Waals surface area contributed by atoms with Gasteiger partial charge in [-0.15, -0.1) is 0 Å². The summed E-state index contributed by atoms with van der Waals surface area (Å²) < 4.78 is 9.98. The van der Waals surface area contributed by atoms with E-state index in [2.05, 4.69) is 9.64 Å². The zero-order valence-corrected chi connectivity index (χ0v) is 19.4. The van der Waals surface area contributed by atoms with Gasteiger partial charge in [-0.1, -0.05) is 17.7 Å². The lowest BCUT2D eigenvalue weighted by atomic mass is 9.48. The highest BCUT2D eigenvalue weighted by atomic mass is 35.5. The van der Waals surface area contributed by atoms with Gasteiger partial charge in [-0.2, -0.15) is 0 Å². The summed E-state index contributed by atoms with van der Waals surface area (Å²) in [6.45, 7) is 0.970. The molecular formula is C25H32ClNO5. The minimum Gasteiger partial charge on any atom is -0.482 e. The lowest BCUT2D eigenvalue weighted by Gasteiger charge is -2.61. The molecule has 3 unspecified atom stereocenters. The van der Waals surface area contributed by atoms with Gasteiger partial charge in [0.1, 0.15) is 5.75 Å². The summed E-state index contributed by atoms with van der Waals surface area (Å²) in [6.07, 6.45) is 7.25. The van der Waals surface area contributed by atoms with Crippen molar-refractivity contribution in [2.45, 2.75) is 51.0 Å². The Bertz CT molecular complexity index is 888. The summed E-state index contributed by atoms with van der Waals surface area (Å²) in [5, 5.41) is 10.6. The van der Waals surface area contributed by atoms with Crippen LogP contribution in [0.15, 0.2) is 18.2 Å². The topological polar surface area (TPSA) is 76.1 Å².